The highest BCUT2D eigenvalue weighted by atomic mass is 35.5. The number of nitrogens with zero attached hydrogens (tertiary/aromatic N) is 2. The molecule has 0 spiro atoms. The van der Waals surface area contributed by atoms with Gasteiger partial charge in [0, 0.05) is 10.6 Å². The van der Waals surface area contributed by atoms with Crippen LogP contribution in [0.2, 0.25) is 5.02 Å². The van der Waals surface area contributed by atoms with Crippen LogP contribution in [0.25, 0.3) is 5.69 Å². The number of carbonyl (C=O) groups is 1. The van der Waals surface area contributed by atoms with Gasteiger partial charge in [0.05, 0.1) is 29.5 Å². The summed E-state index contributed by atoms with van der Waals surface area (Å²) in [5.74, 6) is 1.80. The van der Waals surface area contributed by atoms with E-state index in [-0.39, 0.29) is 11.2 Å². The van der Waals surface area contributed by atoms with E-state index in [2.05, 4.69) is 5.32 Å². The zero-order chi connectivity index (χ0) is 19.0. The first-order valence-electron chi connectivity index (χ1n) is 8.47. The second-order valence-corrected chi connectivity index (χ2v) is 7.78. The Kier molecular flexibility index (Phi) is 4.85. The van der Waals surface area contributed by atoms with E-state index in [1.807, 2.05) is 55.5 Å². The molecular weight excluding hydrogens is 382 g/mol. The van der Waals surface area contributed by atoms with Crippen molar-refractivity contribution in [1.82, 2.24) is 9.78 Å². The second kappa shape index (κ2) is 7.29. The fraction of sp³-hybridized carbons (Fsp3) is 0.200. The Labute approximate surface area is 166 Å². The lowest BCUT2D eigenvalue weighted by Gasteiger charge is -2.15. The van der Waals surface area contributed by atoms with Gasteiger partial charge in [-0.25, -0.2) is 4.68 Å². The van der Waals surface area contributed by atoms with E-state index < -0.39 is 0 Å². The molecule has 2 aromatic carbocycles. The Morgan fingerprint density at radius 2 is 2.04 bits per heavy atom. The molecule has 0 unspecified atom stereocenters. The molecule has 7 heteroatoms. The molecule has 27 heavy (non-hydrogen) atoms. The van der Waals surface area contributed by atoms with Crippen LogP contribution in [0.4, 0.5) is 5.82 Å². The first-order chi connectivity index (χ1) is 13.1. The molecule has 0 aliphatic carbocycles. The van der Waals surface area contributed by atoms with Crippen molar-refractivity contribution < 1.29 is 9.53 Å². The number of rotatable bonds is 3. The van der Waals surface area contributed by atoms with Crippen LogP contribution in [0.3, 0.4) is 0 Å². The highest BCUT2D eigenvalue weighted by Crippen LogP contribution is 2.44. The number of methoxy groups -OCH3 is 1. The molecule has 0 saturated carbocycles. The quantitative estimate of drug-likeness (QED) is 0.698. The van der Waals surface area contributed by atoms with Gasteiger partial charge >= 0.3 is 0 Å². The number of amides is 1. The van der Waals surface area contributed by atoms with Gasteiger partial charge in [-0.1, -0.05) is 23.7 Å². The first-order valence-corrected chi connectivity index (χ1v) is 9.90. The lowest BCUT2D eigenvalue weighted by molar-refractivity contribution is -0.113. The molecule has 0 saturated heterocycles. The number of nitrogens with one attached hydrogen (secondary N) is 1. The van der Waals surface area contributed by atoms with Crippen molar-refractivity contribution in [2.24, 2.45) is 0 Å². The van der Waals surface area contributed by atoms with Crippen molar-refractivity contribution >= 4 is 35.1 Å². The lowest BCUT2D eigenvalue weighted by Crippen LogP contribution is -2.15. The molecule has 1 atom stereocenters. The van der Waals surface area contributed by atoms with Crippen LogP contribution in [0, 0.1) is 6.92 Å². The number of hydrogen-bond acceptors (Lipinski definition) is 4. The van der Waals surface area contributed by atoms with E-state index in [1.165, 1.54) is 0 Å². The third-order valence-electron chi connectivity index (χ3n) is 4.48. The fourth-order valence-corrected chi connectivity index (χ4v) is 4.60. The van der Waals surface area contributed by atoms with Gasteiger partial charge in [0.15, 0.2) is 0 Å². The highest BCUT2D eigenvalue weighted by Gasteiger charge is 2.30. The van der Waals surface area contributed by atoms with Crippen LogP contribution in [0.1, 0.15) is 22.1 Å². The number of carbonyl (C=O) groups excluding carboxylic acids is 1. The average Bonchev–Trinajstić information content (AvgIpc) is 2.87. The standard InChI is InChI=1S/C20H18ClN3O2S/c1-12-18-19(13-4-3-5-14(21)10-13)27-11-17(25)22-20(18)24(23-12)15-6-8-16(26-2)9-7-15/h3-10,19H,11H2,1-2H3,(H,22,25)/t19-/m0/s1. The minimum Gasteiger partial charge on any atom is -0.497 e. The van der Waals surface area contributed by atoms with Crippen LogP contribution in [-0.4, -0.2) is 28.6 Å². The molecule has 0 fully saturated rings. The summed E-state index contributed by atoms with van der Waals surface area (Å²) in [5, 5.41) is 8.39. The van der Waals surface area contributed by atoms with E-state index >= 15 is 0 Å². The summed E-state index contributed by atoms with van der Waals surface area (Å²) in [4.78, 5) is 12.4. The maximum Gasteiger partial charge on any atom is 0.235 e. The van der Waals surface area contributed by atoms with Gasteiger partial charge in [0.25, 0.3) is 0 Å². The maximum absolute atomic E-state index is 12.4. The van der Waals surface area contributed by atoms with Crippen molar-refractivity contribution in [2.75, 3.05) is 18.2 Å². The van der Waals surface area contributed by atoms with Gasteiger partial charge in [-0.15, -0.1) is 11.8 Å². The molecule has 4 rings (SSSR count). The van der Waals surface area contributed by atoms with Gasteiger partial charge in [0.1, 0.15) is 11.6 Å². The molecule has 1 aromatic heterocycles. The Morgan fingerprint density at radius 1 is 1.26 bits per heavy atom. The zero-order valence-corrected chi connectivity index (χ0v) is 16.5. The van der Waals surface area contributed by atoms with Gasteiger partial charge in [-0.05, 0) is 48.9 Å². The summed E-state index contributed by atoms with van der Waals surface area (Å²) in [6, 6.07) is 15.4. The summed E-state index contributed by atoms with van der Waals surface area (Å²) >= 11 is 7.79. The third kappa shape index (κ3) is 3.42. The van der Waals surface area contributed by atoms with Crippen LogP contribution in [0.15, 0.2) is 48.5 Å². The Morgan fingerprint density at radius 3 is 2.74 bits per heavy atom. The van der Waals surface area contributed by atoms with Crippen LogP contribution < -0.4 is 10.1 Å². The molecule has 5 nitrogen and oxygen atoms in total. The minimum atomic E-state index is -0.0413. The molecule has 1 amide bonds. The number of ether oxygens (including phenoxy) is 1. The Balaban J connectivity index is 1.86. The van der Waals surface area contributed by atoms with Crippen LogP contribution in [0.5, 0.6) is 5.75 Å². The second-order valence-electron chi connectivity index (χ2n) is 6.25. The number of halogens is 1. The van der Waals surface area contributed by atoms with Gasteiger partial charge in [0.2, 0.25) is 5.91 Å². The normalized spacial score (nSPS) is 16.4. The van der Waals surface area contributed by atoms with Crippen molar-refractivity contribution in [3.05, 3.63) is 70.4 Å². The first kappa shape index (κ1) is 17.9. The monoisotopic (exact) mass is 399 g/mol. The maximum atomic E-state index is 12.4. The lowest BCUT2D eigenvalue weighted by atomic mass is 10.0. The molecule has 2 heterocycles. The van der Waals surface area contributed by atoms with E-state index in [9.17, 15) is 4.79 Å². The van der Waals surface area contributed by atoms with Crippen molar-refractivity contribution in [2.45, 2.75) is 12.2 Å². The molecule has 3 aromatic rings. The molecule has 1 N–H and O–H groups in total. The minimum absolute atomic E-state index is 0.0235. The Bertz CT molecular complexity index is 1000. The molecule has 0 radical (unpaired) electrons. The molecular formula is C20H18ClN3O2S. The van der Waals surface area contributed by atoms with Crippen LogP contribution in [-0.2, 0) is 4.79 Å². The third-order valence-corrected chi connectivity index (χ3v) is 5.98. The largest absolute Gasteiger partial charge is 0.497 e. The molecule has 1 aliphatic heterocycles. The Hall–Kier alpha value is -2.44. The number of thioether (sulfide) groups is 1. The molecule has 1 aliphatic rings. The van der Waals surface area contributed by atoms with Gasteiger partial charge in [-0.3, -0.25) is 4.79 Å². The number of fused-ring (bicyclic) bond motifs is 1. The van der Waals surface area contributed by atoms with E-state index in [1.54, 1.807) is 23.6 Å². The topological polar surface area (TPSA) is 56.1 Å². The smallest absolute Gasteiger partial charge is 0.235 e. The number of hydrogen-bond donors (Lipinski definition) is 1. The summed E-state index contributed by atoms with van der Waals surface area (Å²) < 4.78 is 7.01. The van der Waals surface area contributed by atoms with E-state index in [0.717, 1.165) is 28.3 Å². The van der Waals surface area contributed by atoms with E-state index in [0.29, 0.717) is 16.6 Å². The predicted octanol–water partition coefficient (Wildman–Crippen LogP) is 4.62. The van der Waals surface area contributed by atoms with E-state index in [4.69, 9.17) is 21.4 Å². The summed E-state index contributed by atoms with van der Waals surface area (Å²) in [6.07, 6.45) is 0. The van der Waals surface area contributed by atoms with Crippen LogP contribution >= 0.6 is 23.4 Å². The fourth-order valence-electron chi connectivity index (χ4n) is 3.23. The van der Waals surface area contributed by atoms with Crippen molar-refractivity contribution in [1.29, 1.82) is 0 Å². The number of anilines is 1. The average molecular weight is 400 g/mol. The number of aromatic nitrogens is 2. The molecule has 0 bridgehead atoms. The SMILES string of the molecule is COc1ccc(-n2nc(C)c3c2NC(=O)CS[C@H]3c2cccc(Cl)c2)cc1. The molecule has 138 valence electrons. The van der Waals surface area contributed by atoms with Gasteiger partial charge < -0.3 is 10.1 Å². The zero-order valence-electron chi connectivity index (χ0n) is 14.9. The number of aryl methyl sites for hydroxylation is 1. The summed E-state index contributed by atoms with van der Waals surface area (Å²) in [7, 11) is 1.63. The summed E-state index contributed by atoms with van der Waals surface area (Å²) in [6.45, 7) is 1.97. The van der Waals surface area contributed by atoms with Crippen molar-refractivity contribution in [3.63, 3.8) is 0 Å². The van der Waals surface area contributed by atoms with Crippen molar-refractivity contribution in [3.8, 4) is 11.4 Å². The van der Waals surface area contributed by atoms with Gasteiger partial charge in [-0.2, -0.15) is 5.10 Å². The summed E-state index contributed by atoms with van der Waals surface area (Å²) in [5.41, 5.74) is 3.80. The highest BCUT2D eigenvalue weighted by molar-refractivity contribution is 8.00. The number of benzene rings is 2. The predicted molar refractivity (Wildman–Crippen MR) is 109 cm³/mol.